The summed E-state index contributed by atoms with van der Waals surface area (Å²) in [5.41, 5.74) is 1.83. The van der Waals surface area contributed by atoms with Gasteiger partial charge in [-0.3, -0.25) is 14.5 Å². The van der Waals surface area contributed by atoms with Crippen LogP contribution in [-0.4, -0.2) is 23.3 Å². The molecule has 0 N–H and O–H groups in total. The molecule has 0 bridgehead atoms. The summed E-state index contributed by atoms with van der Waals surface area (Å²) in [6.45, 7) is 14.2. The van der Waals surface area contributed by atoms with Crippen LogP contribution in [0.25, 0.3) is 10.8 Å². The van der Waals surface area contributed by atoms with Gasteiger partial charge in [0.15, 0.2) is 0 Å². The lowest BCUT2D eigenvalue weighted by Gasteiger charge is -2.35. The Kier molecular flexibility index (Phi) is 5.40. The highest BCUT2D eigenvalue weighted by atomic mass is 16.2. The molecular formula is C25H33NO2. The normalized spacial score (nSPS) is 16.0. The van der Waals surface area contributed by atoms with E-state index in [-0.39, 0.29) is 17.2 Å². The number of hydrogen-bond acceptors (Lipinski definition) is 2. The molecule has 0 aliphatic carbocycles. The van der Waals surface area contributed by atoms with E-state index < -0.39 is 0 Å². The maximum absolute atomic E-state index is 13.0. The minimum Gasteiger partial charge on any atom is -0.274 e. The number of carbonyl (C=O) groups is 2. The summed E-state index contributed by atoms with van der Waals surface area (Å²) in [5.74, 6) is 0.136. The van der Waals surface area contributed by atoms with Crippen LogP contribution in [0, 0.1) is 16.7 Å². The van der Waals surface area contributed by atoms with E-state index in [9.17, 15) is 9.59 Å². The van der Waals surface area contributed by atoms with Crippen LogP contribution in [0.2, 0.25) is 0 Å². The fraction of sp³-hybridized carbons (Fsp3) is 0.520. The monoisotopic (exact) mass is 379 g/mol. The van der Waals surface area contributed by atoms with Crippen LogP contribution in [0.1, 0.15) is 81.5 Å². The van der Waals surface area contributed by atoms with E-state index in [1.165, 1.54) is 4.90 Å². The van der Waals surface area contributed by atoms with Crippen LogP contribution in [0.5, 0.6) is 0 Å². The molecule has 150 valence electrons. The Morgan fingerprint density at radius 1 is 0.893 bits per heavy atom. The Morgan fingerprint density at radius 2 is 1.43 bits per heavy atom. The average Bonchev–Trinajstić information content (AvgIpc) is 2.56. The third-order valence-corrected chi connectivity index (χ3v) is 5.61. The number of benzene rings is 2. The van der Waals surface area contributed by atoms with E-state index >= 15 is 0 Å². The van der Waals surface area contributed by atoms with Crippen LogP contribution in [0.4, 0.5) is 0 Å². The van der Waals surface area contributed by atoms with Crippen molar-refractivity contribution < 1.29 is 9.59 Å². The highest BCUT2D eigenvalue weighted by molar-refractivity contribution is 6.25. The molecule has 0 saturated carbocycles. The number of carbonyl (C=O) groups excluding carboxylic acids is 2. The lowest BCUT2D eigenvalue weighted by atomic mass is 9.71. The Balaban J connectivity index is 1.72. The van der Waals surface area contributed by atoms with Crippen LogP contribution in [-0.2, 0) is 0 Å². The molecule has 0 fully saturated rings. The quantitative estimate of drug-likeness (QED) is 0.551. The number of nitrogens with zero attached hydrogens (tertiary/aromatic N) is 1. The van der Waals surface area contributed by atoms with E-state index in [0.717, 1.165) is 30.0 Å². The van der Waals surface area contributed by atoms with Crippen molar-refractivity contribution in [3.63, 3.8) is 0 Å². The first-order valence-corrected chi connectivity index (χ1v) is 10.4. The minimum atomic E-state index is -0.157. The lowest BCUT2D eigenvalue weighted by molar-refractivity contribution is 0.0598. The van der Waals surface area contributed by atoms with Gasteiger partial charge in [0, 0.05) is 23.1 Å². The molecule has 3 heteroatoms. The van der Waals surface area contributed by atoms with Gasteiger partial charge in [-0.1, -0.05) is 65.8 Å². The minimum absolute atomic E-state index is 0.157. The van der Waals surface area contributed by atoms with Gasteiger partial charge >= 0.3 is 0 Å². The summed E-state index contributed by atoms with van der Waals surface area (Å²) in [4.78, 5) is 27.5. The predicted molar refractivity (Wildman–Crippen MR) is 116 cm³/mol. The summed E-state index contributed by atoms with van der Waals surface area (Å²) in [6, 6.07) is 11.4. The van der Waals surface area contributed by atoms with Gasteiger partial charge in [0.05, 0.1) is 0 Å². The molecule has 0 aromatic heterocycles. The van der Waals surface area contributed by atoms with Crippen molar-refractivity contribution in [1.82, 2.24) is 4.90 Å². The summed E-state index contributed by atoms with van der Waals surface area (Å²) in [6.07, 6.45) is 3.08. The van der Waals surface area contributed by atoms with Crippen LogP contribution in [0.15, 0.2) is 36.4 Å². The molecule has 1 unspecified atom stereocenters. The summed E-state index contributed by atoms with van der Waals surface area (Å²) in [7, 11) is 0. The Bertz CT molecular complexity index is 854. The SMILES string of the molecule is CC(CCN1C(=O)c2cccc3cccc(c23)C1=O)CC(C)(C)CC(C)(C)C. The second-order valence-corrected chi connectivity index (χ2v) is 10.5. The van der Waals surface area contributed by atoms with Crippen molar-refractivity contribution in [2.24, 2.45) is 16.7 Å². The van der Waals surface area contributed by atoms with Gasteiger partial charge in [-0.25, -0.2) is 0 Å². The van der Waals surface area contributed by atoms with Crippen molar-refractivity contribution >= 4 is 22.6 Å². The largest absolute Gasteiger partial charge is 0.274 e. The van der Waals surface area contributed by atoms with E-state index in [2.05, 4.69) is 41.5 Å². The zero-order valence-electron chi connectivity index (χ0n) is 18.1. The van der Waals surface area contributed by atoms with Crippen molar-refractivity contribution in [2.45, 2.75) is 60.8 Å². The molecule has 0 spiro atoms. The molecule has 1 aliphatic rings. The van der Waals surface area contributed by atoms with E-state index in [4.69, 9.17) is 0 Å². The topological polar surface area (TPSA) is 37.4 Å². The predicted octanol–water partition coefficient (Wildman–Crippen LogP) is 6.31. The zero-order chi connectivity index (χ0) is 20.7. The van der Waals surface area contributed by atoms with Crippen LogP contribution >= 0.6 is 0 Å². The fourth-order valence-electron chi connectivity index (χ4n) is 5.19. The van der Waals surface area contributed by atoms with Crippen LogP contribution < -0.4 is 0 Å². The van der Waals surface area contributed by atoms with Gasteiger partial charge in [-0.15, -0.1) is 0 Å². The molecule has 3 rings (SSSR count). The number of rotatable bonds is 6. The van der Waals surface area contributed by atoms with Gasteiger partial charge in [-0.05, 0) is 53.5 Å². The third kappa shape index (κ3) is 4.29. The standard InChI is InChI=1S/C25H33NO2/c1-17(15-25(5,6)16-24(2,3)4)13-14-26-22(27)19-11-7-9-18-10-8-12-20(21(18)19)23(26)28/h7-12,17H,13-16H2,1-6H3. The smallest absolute Gasteiger partial charge is 0.261 e. The van der Waals surface area contributed by atoms with Crippen molar-refractivity contribution in [3.05, 3.63) is 47.5 Å². The third-order valence-electron chi connectivity index (χ3n) is 5.61. The first-order chi connectivity index (χ1) is 13.0. The van der Waals surface area contributed by atoms with Crippen LogP contribution in [0.3, 0.4) is 0 Å². The Hall–Kier alpha value is -2.16. The maximum atomic E-state index is 13.0. The maximum Gasteiger partial charge on any atom is 0.261 e. The molecule has 2 amide bonds. The second-order valence-electron chi connectivity index (χ2n) is 10.5. The Morgan fingerprint density at radius 3 is 1.93 bits per heavy atom. The van der Waals surface area contributed by atoms with Gasteiger partial charge in [0.2, 0.25) is 0 Å². The summed E-state index contributed by atoms with van der Waals surface area (Å²) >= 11 is 0. The van der Waals surface area contributed by atoms with Crippen molar-refractivity contribution in [1.29, 1.82) is 0 Å². The number of amides is 2. The first-order valence-electron chi connectivity index (χ1n) is 10.4. The van der Waals surface area contributed by atoms with E-state index in [1.807, 2.05) is 36.4 Å². The number of hydrogen-bond donors (Lipinski definition) is 0. The van der Waals surface area contributed by atoms with Crippen molar-refractivity contribution in [3.8, 4) is 0 Å². The van der Waals surface area contributed by atoms with Gasteiger partial charge in [0.1, 0.15) is 0 Å². The molecule has 3 nitrogen and oxygen atoms in total. The summed E-state index contributed by atoms with van der Waals surface area (Å²) in [5, 5.41) is 1.75. The second kappa shape index (κ2) is 7.35. The van der Waals surface area contributed by atoms with Gasteiger partial charge < -0.3 is 0 Å². The van der Waals surface area contributed by atoms with E-state index in [1.54, 1.807) is 0 Å². The first kappa shape index (κ1) is 20.6. The van der Waals surface area contributed by atoms with E-state index in [0.29, 0.717) is 29.0 Å². The molecule has 1 heterocycles. The average molecular weight is 380 g/mol. The molecule has 0 saturated heterocycles. The van der Waals surface area contributed by atoms with Gasteiger partial charge in [-0.2, -0.15) is 0 Å². The molecule has 1 aliphatic heterocycles. The van der Waals surface area contributed by atoms with Crippen molar-refractivity contribution in [2.75, 3.05) is 6.54 Å². The molecule has 2 aromatic rings. The molecular weight excluding hydrogens is 346 g/mol. The Labute approximate surface area is 169 Å². The summed E-state index contributed by atoms with van der Waals surface area (Å²) < 4.78 is 0. The fourth-order valence-corrected chi connectivity index (χ4v) is 5.19. The molecule has 2 aromatic carbocycles. The zero-order valence-corrected chi connectivity index (χ0v) is 18.1. The molecule has 1 atom stereocenters. The number of imide groups is 1. The highest BCUT2D eigenvalue weighted by Crippen LogP contribution is 2.38. The molecule has 28 heavy (non-hydrogen) atoms. The molecule has 0 radical (unpaired) electrons. The van der Waals surface area contributed by atoms with Gasteiger partial charge in [0.25, 0.3) is 11.8 Å². The highest BCUT2D eigenvalue weighted by Gasteiger charge is 2.33. The lowest BCUT2D eigenvalue weighted by Crippen LogP contribution is -2.41.